The Labute approximate surface area is 167 Å². The van der Waals surface area contributed by atoms with Crippen LogP contribution in [0.2, 0.25) is 0 Å². The maximum Gasteiger partial charge on any atom is 0.260 e. The normalized spacial score (nSPS) is 14.6. The lowest BCUT2D eigenvalue weighted by Gasteiger charge is -2.36. The van der Waals surface area contributed by atoms with Crippen LogP contribution in [0.25, 0.3) is 0 Å². The van der Waals surface area contributed by atoms with Crippen LogP contribution in [-0.2, 0) is 14.8 Å². The lowest BCUT2D eigenvalue weighted by atomic mass is 10.2. The summed E-state index contributed by atoms with van der Waals surface area (Å²) in [4.78, 5) is 15.9. The van der Waals surface area contributed by atoms with Crippen molar-refractivity contribution in [1.82, 2.24) is 4.90 Å². The molecule has 0 saturated carbocycles. The predicted octanol–water partition coefficient (Wildman–Crippen LogP) is 2.06. The fraction of sp³-hybridized carbons (Fsp3) is 0.316. The smallest absolute Gasteiger partial charge is 0.260 e. The van der Waals surface area contributed by atoms with Gasteiger partial charge in [-0.2, -0.15) is 0 Å². The van der Waals surface area contributed by atoms with Gasteiger partial charge < -0.3 is 14.5 Å². The van der Waals surface area contributed by atoms with E-state index in [0.717, 1.165) is 18.4 Å². The minimum absolute atomic E-state index is 0.149. The van der Waals surface area contributed by atoms with Gasteiger partial charge in [-0.3, -0.25) is 9.52 Å². The number of ether oxygens (including phenoxy) is 1. The SMILES string of the molecule is CS(=O)(=O)Nc1ccc(OCC(=O)N2CCN(c3ccc(F)c(F)c3)CC2)cc1. The first-order valence-electron chi connectivity index (χ1n) is 8.90. The number of sulfonamides is 1. The van der Waals surface area contributed by atoms with Crippen molar-refractivity contribution < 1.29 is 26.7 Å². The van der Waals surface area contributed by atoms with E-state index in [4.69, 9.17) is 4.74 Å². The Morgan fingerprint density at radius 3 is 2.28 bits per heavy atom. The summed E-state index contributed by atoms with van der Waals surface area (Å²) in [6.07, 6.45) is 1.06. The molecule has 3 rings (SSSR count). The molecule has 1 aliphatic heterocycles. The molecular weight excluding hydrogens is 404 g/mol. The van der Waals surface area contributed by atoms with Gasteiger partial charge in [0.2, 0.25) is 10.0 Å². The van der Waals surface area contributed by atoms with Crippen LogP contribution in [0.1, 0.15) is 0 Å². The standard InChI is InChI=1S/C19H21F2N3O4S/c1-29(26,27)22-14-2-5-16(6-3-14)28-13-19(25)24-10-8-23(9-11-24)15-4-7-17(20)18(21)12-15/h2-7,12,22H,8-11,13H2,1H3. The summed E-state index contributed by atoms with van der Waals surface area (Å²) >= 11 is 0. The summed E-state index contributed by atoms with van der Waals surface area (Å²) in [6.45, 7) is 1.74. The lowest BCUT2D eigenvalue weighted by molar-refractivity contribution is -0.133. The second-order valence-electron chi connectivity index (χ2n) is 6.65. The molecule has 1 saturated heterocycles. The Bertz CT molecular complexity index is 975. The summed E-state index contributed by atoms with van der Waals surface area (Å²) in [7, 11) is -3.35. The molecule has 0 atom stereocenters. The molecule has 1 heterocycles. The molecule has 1 fully saturated rings. The number of hydrogen-bond acceptors (Lipinski definition) is 5. The molecule has 29 heavy (non-hydrogen) atoms. The summed E-state index contributed by atoms with van der Waals surface area (Å²) in [6, 6.07) is 9.98. The van der Waals surface area contributed by atoms with Gasteiger partial charge in [0, 0.05) is 43.6 Å². The van der Waals surface area contributed by atoms with E-state index in [-0.39, 0.29) is 12.5 Å². The largest absolute Gasteiger partial charge is 0.484 e. The van der Waals surface area contributed by atoms with Gasteiger partial charge in [0.1, 0.15) is 5.75 Å². The van der Waals surface area contributed by atoms with Gasteiger partial charge in [-0.15, -0.1) is 0 Å². The van der Waals surface area contributed by atoms with Gasteiger partial charge in [0.25, 0.3) is 5.91 Å². The number of nitrogens with one attached hydrogen (secondary N) is 1. The molecule has 10 heteroatoms. The van der Waals surface area contributed by atoms with Crippen LogP contribution >= 0.6 is 0 Å². The topological polar surface area (TPSA) is 78.9 Å². The van der Waals surface area contributed by atoms with Crippen LogP contribution in [0.15, 0.2) is 42.5 Å². The summed E-state index contributed by atoms with van der Waals surface area (Å²) < 4.78 is 56.6. The van der Waals surface area contributed by atoms with Crippen LogP contribution in [0.5, 0.6) is 5.75 Å². The van der Waals surface area contributed by atoms with E-state index in [1.807, 2.05) is 4.90 Å². The molecule has 0 radical (unpaired) electrons. The van der Waals surface area contributed by atoms with Crippen molar-refractivity contribution in [1.29, 1.82) is 0 Å². The molecule has 2 aromatic rings. The van der Waals surface area contributed by atoms with E-state index in [9.17, 15) is 22.0 Å². The lowest BCUT2D eigenvalue weighted by Crippen LogP contribution is -2.50. The van der Waals surface area contributed by atoms with Crippen molar-refractivity contribution in [3.63, 3.8) is 0 Å². The van der Waals surface area contributed by atoms with Crippen LogP contribution in [-0.4, -0.2) is 58.3 Å². The van der Waals surface area contributed by atoms with Gasteiger partial charge in [0.15, 0.2) is 18.2 Å². The minimum atomic E-state index is -3.35. The van der Waals surface area contributed by atoms with E-state index in [2.05, 4.69) is 4.72 Å². The summed E-state index contributed by atoms with van der Waals surface area (Å²) in [5.74, 6) is -1.53. The first-order chi connectivity index (χ1) is 13.7. The van der Waals surface area contributed by atoms with Gasteiger partial charge >= 0.3 is 0 Å². The van der Waals surface area contributed by atoms with Crippen molar-refractivity contribution in [2.45, 2.75) is 0 Å². The van der Waals surface area contributed by atoms with E-state index in [1.165, 1.54) is 6.07 Å². The minimum Gasteiger partial charge on any atom is -0.484 e. The molecule has 1 aliphatic rings. The third kappa shape index (κ3) is 5.80. The molecule has 1 N–H and O–H groups in total. The Kier molecular flexibility index (Phi) is 6.21. The molecule has 2 aromatic carbocycles. The molecule has 0 aromatic heterocycles. The maximum atomic E-state index is 13.4. The first-order valence-corrected chi connectivity index (χ1v) is 10.8. The fourth-order valence-corrected chi connectivity index (χ4v) is 3.53. The van der Waals surface area contributed by atoms with Crippen molar-refractivity contribution in [2.24, 2.45) is 0 Å². The third-order valence-electron chi connectivity index (χ3n) is 4.42. The molecule has 0 spiro atoms. The van der Waals surface area contributed by atoms with Crippen molar-refractivity contribution >= 4 is 27.3 Å². The highest BCUT2D eigenvalue weighted by atomic mass is 32.2. The molecule has 156 valence electrons. The van der Waals surface area contributed by atoms with Crippen molar-refractivity contribution in [3.8, 4) is 5.75 Å². The Morgan fingerprint density at radius 2 is 1.69 bits per heavy atom. The number of rotatable bonds is 6. The molecule has 0 aliphatic carbocycles. The second kappa shape index (κ2) is 8.64. The van der Waals surface area contributed by atoms with Crippen molar-refractivity contribution in [2.75, 3.05) is 48.7 Å². The average molecular weight is 425 g/mol. The highest BCUT2D eigenvalue weighted by molar-refractivity contribution is 7.92. The maximum absolute atomic E-state index is 13.4. The third-order valence-corrected chi connectivity index (χ3v) is 5.03. The van der Waals surface area contributed by atoms with Gasteiger partial charge in [-0.1, -0.05) is 0 Å². The number of carbonyl (C=O) groups is 1. The van der Waals surface area contributed by atoms with E-state index in [1.54, 1.807) is 29.2 Å². The number of carbonyl (C=O) groups excluding carboxylic acids is 1. The van der Waals surface area contributed by atoms with E-state index < -0.39 is 21.7 Å². The molecule has 0 bridgehead atoms. The first kappa shape index (κ1) is 20.8. The van der Waals surface area contributed by atoms with E-state index in [0.29, 0.717) is 43.3 Å². The number of hydrogen-bond donors (Lipinski definition) is 1. The number of halogens is 2. The zero-order chi connectivity index (χ0) is 21.0. The average Bonchev–Trinajstić information content (AvgIpc) is 2.68. The second-order valence-corrected chi connectivity index (χ2v) is 8.40. The van der Waals surface area contributed by atoms with Gasteiger partial charge in [0.05, 0.1) is 6.26 Å². The number of amides is 1. The highest BCUT2D eigenvalue weighted by Gasteiger charge is 2.22. The van der Waals surface area contributed by atoms with Crippen LogP contribution < -0.4 is 14.4 Å². The summed E-state index contributed by atoms with van der Waals surface area (Å²) in [5.41, 5.74) is 0.981. The highest BCUT2D eigenvalue weighted by Crippen LogP contribution is 2.20. The summed E-state index contributed by atoms with van der Waals surface area (Å²) in [5, 5.41) is 0. The molecule has 0 unspecified atom stereocenters. The van der Waals surface area contributed by atoms with Crippen LogP contribution in [0.3, 0.4) is 0 Å². The van der Waals surface area contributed by atoms with Gasteiger partial charge in [-0.25, -0.2) is 17.2 Å². The Hall–Kier alpha value is -2.88. The Balaban J connectivity index is 1.48. The van der Waals surface area contributed by atoms with E-state index >= 15 is 0 Å². The quantitative estimate of drug-likeness (QED) is 0.767. The molecular formula is C19H21F2N3O4S. The number of benzene rings is 2. The molecule has 1 amide bonds. The van der Waals surface area contributed by atoms with Crippen LogP contribution in [0, 0.1) is 11.6 Å². The van der Waals surface area contributed by atoms with Crippen molar-refractivity contribution in [3.05, 3.63) is 54.1 Å². The van der Waals surface area contributed by atoms with Crippen LogP contribution in [0.4, 0.5) is 20.2 Å². The zero-order valence-corrected chi connectivity index (χ0v) is 16.6. The number of nitrogens with zero attached hydrogens (tertiary/aromatic N) is 2. The molecule has 7 nitrogen and oxygen atoms in total. The number of anilines is 2. The zero-order valence-electron chi connectivity index (χ0n) is 15.8. The monoisotopic (exact) mass is 425 g/mol. The van der Waals surface area contributed by atoms with Gasteiger partial charge in [-0.05, 0) is 36.4 Å². The fourth-order valence-electron chi connectivity index (χ4n) is 2.97. The predicted molar refractivity (Wildman–Crippen MR) is 106 cm³/mol. The number of piperazine rings is 1. The Morgan fingerprint density at radius 1 is 1.03 bits per heavy atom.